The minimum atomic E-state index is -1.06. The van der Waals surface area contributed by atoms with Gasteiger partial charge in [0.05, 0.1) is 25.2 Å². The maximum atomic E-state index is 13.1. The van der Waals surface area contributed by atoms with Gasteiger partial charge in [-0.1, -0.05) is 12.2 Å². The molecule has 0 unspecified atom stereocenters. The number of aromatic hydroxyl groups is 1. The van der Waals surface area contributed by atoms with Gasteiger partial charge in [0.1, 0.15) is 22.5 Å². The fourth-order valence-corrected chi connectivity index (χ4v) is 2.75. The molecule has 0 aliphatic carbocycles. The molecule has 0 amide bonds. The van der Waals surface area contributed by atoms with Gasteiger partial charge in [-0.15, -0.1) is 0 Å². The van der Waals surface area contributed by atoms with Crippen molar-refractivity contribution >= 4 is 28.0 Å². The summed E-state index contributed by atoms with van der Waals surface area (Å²) < 4.78 is 16.3. The van der Waals surface area contributed by atoms with Gasteiger partial charge in [-0.05, 0) is 38.1 Å². The van der Waals surface area contributed by atoms with E-state index in [1.807, 2.05) is 0 Å². The summed E-state index contributed by atoms with van der Waals surface area (Å²) in [5, 5.41) is 20.7. The molecule has 0 saturated heterocycles. The number of aliphatic hydroxyl groups is 1. The van der Waals surface area contributed by atoms with Crippen molar-refractivity contribution < 1.29 is 24.1 Å². The highest BCUT2D eigenvalue weighted by Crippen LogP contribution is 2.37. The second-order valence-electron chi connectivity index (χ2n) is 6.50. The molecule has 0 saturated carbocycles. The molecule has 0 spiro atoms. The Morgan fingerprint density at radius 2 is 1.88 bits per heavy atom. The Morgan fingerprint density at radius 3 is 2.50 bits per heavy atom. The van der Waals surface area contributed by atoms with Crippen molar-refractivity contribution in [2.75, 3.05) is 14.2 Å². The predicted molar refractivity (Wildman–Crippen MR) is 100 cm³/mol. The Morgan fingerprint density at radius 1 is 1.15 bits per heavy atom. The van der Waals surface area contributed by atoms with Gasteiger partial charge in [-0.3, -0.25) is 4.79 Å². The maximum absolute atomic E-state index is 13.1. The van der Waals surface area contributed by atoms with Crippen molar-refractivity contribution in [3.05, 3.63) is 46.1 Å². The summed E-state index contributed by atoms with van der Waals surface area (Å²) in [7, 11) is 2.94. The monoisotopic (exact) mass is 356 g/mol. The van der Waals surface area contributed by atoms with Crippen molar-refractivity contribution in [3.63, 3.8) is 0 Å². The zero-order valence-electron chi connectivity index (χ0n) is 15.0. The van der Waals surface area contributed by atoms with E-state index in [2.05, 4.69) is 0 Å². The molecule has 0 aliphatic heterocycles. The van der Waals surface area contributed by atoms with E-state index in [4.69, 9.17) is 13.9 Å². The average molecular weight is 356 g/mol. The van der Waals surface area contributed by atoms with Crippen LogP contribution in [0, 0.1) is 0 Å². The molecule has 6 heteroatoms. The van der Waals surface area contributed by atoms with Gasteiger partial charge < -0.3 is 24.1 Å². The van der Waals surface area contributed by atoms with E-state index in [0.717, 1.165) is 0 Å². The van der Waals surface area contributed by atoms with Gasteiger partial charge in [-0.2, -0.15) is 0 Å². The van der Waals surface area contributed by atoms with Gasteiger partial charge in [0.2, 0.25) is 5.43 Å². The minimum Gasteiger partial charge on any atom is -0.504 e. The quantitative estimate of drug-likeness (QED) is 0.696. The Balaban J connectivity index is 2.41. The molecule has 2 aromatic carbocycles. The van der Waals surface area contributed by atoms with E-state index in [0.29, 0.717) is 22.3 Å². The first-order valence-electron chi connectivity index (χ1n) is 8.01. The van der Waals surface area contributed by atoms with Crippen LogP contribution in [-0.4, -0.2) is 30.0 Å². The van der Waals surface area contributed by atoms with E-state index >= 15 is 0 Å². The second kappa shape index (κ2) is 6.38. The number of fused-ring (bicyclic) bond motifs is 2. The zero-order valence-corrected chi connectivity index (χ0v) is 15.0. The molecule has 1 heterocycles. The number of phenolic OH excluding ortho intramolecular Hbond substituents is 1. The lowest BCUT2D eigenvalue weighted by Crippen LogP contribution is -2.13. The molecule has 0 fully saturated rings. The van der Waals surface area contributed by atoms with Crippen LogP contribution in [-0.2, 0) is 0 Å². The number of benzene rings is 2. The van der Waals surface area contributed by atoms with Crippen LogP contribution in [0.5, 0.6) is 17.2 Å². The van der Waals surface area contributed by atoms with Crippen LogP contribution in [0.3, 0.4) is 0 Å². The first-order chi connectivity index (χ1) is 12.2. The maximum Gasteiger partial charge on any atom is 0.204 e. The Labute approximate surface area is 149 Å². The van der Waals surface area contributed by atoms with E-state index in [1.54, 1.807) is 44.2 Å². The lowest BCUT2D eigenvalue weighted by molar-refractivity contribution is 0.134. The lowest BCUT2D eigenvalue weighted by atomic mass is 10.0. The molecule has 1 aromatic heterocycles. The van der Waals surface area contributed by atoms with Crippen LogP contribution in [0.25, 0.3) is 28.0 Å². The van der Waals surface area contributed by atoms with Crippen LogP contribution < -0.4 is 14.9 Å². The molecule has 136 valence electrons. The van der Waals surface area contributed by atoms with Crippen molar-refractivity contribution in [1.29, 1.82) is 0 Å². The summed E-state index contributed by atoms with van der Waals surface area (Å²) in [5.41, 5.74) is -0.567. The van der Waals surface area contributed by atoms with E-state index in [1.165, 1.54) is 20.3 Å². The predicted octanol–water partition coefficient (Wildman–Crippen LogP) is 3.45. The summed E-state index contributed by atoms with van der Waals surface area (Å²) in [4.78, 5) is 13.1. The third-order valence-corrected chi connectivity index (χ3v) is 3.99. The summed E-state index contributed by atoms with van der Waals surface area (Å²) in [5.74, 6) is 0.591. The standard InChI is InChI=1S/C20H20O6/c1-20(2,23)8-7-11-9-14(21)19-16(18(11)25-4)17(22)13-10-12(24-3)5-6-15(13)26-19/h5-10,21,23H,1-4H3/b8-7-. The molecule has 0 aliphatic rings. The van der Waals surface area contributed by atoms with Gasteiger partial charge in [0.25, 0.3) is 0 Å². The molecule has 3 aromatic rings. The van der Waals surface area contributed by atoms with Crippen molar-refractivity contribution in [3.8, 4) is 17.2 Å². The smallest absolute Gasteiger partial charge is 0.204 e. The number of rotatable bonds is 4. The largest absolute Gasteiger partial charge is 0.504 e. The fraction of sp³-hybridized carbons (Fsp3) is 0.250. The number of ether oxygens (including phenoxy) is 2. The van der Waals surface area contributed by atoms with Gasteiger partial charge in [0.15, 0.2) is 11.3 Å². The van der Waals surface area contributed by atoms with E-state index in [9.17, 15) is 15.0 Å². The van der Waals surface area contributed by atoms with Crippen molar-refractivity contribution in [2.45, 2.75) is 19.4 Å². The summed E-state index contributed by atoms with van der Waals surface area (Å²) in [6, 6.07) is 6.30. The summed E-state index contributed by atoms with van der Waals surface area (Å²) in [6.07, 6.45) is 3.13. The van der Waals surface area contributed by atoms with Crippen LogP contribution in [0.4, 0.5) is 0 Å². The second-order valence-corrected chi connectivity index (χ2v) is 6.50. The third kappa shape index (κ3) is 3.11. The summed E-state index contributed by atoms with van der Waals surface area (Å²) >= 11 is 0. The number of hydrogen-bond donors (Lipinski definition) is 2. The first kappa shape index (κ1) is 17.8. The molecular formula is C20H20O6. The first-order valence-corrected chi connectivity index (χ1v) is 8.01. The molecule has 6 nitrogen and oxygen atoms in total. The molecule has 0 radical (unpaired) electrons. The molecule has 26 heavy (non-hydrogen) atoms. The Bertz CT molecular complexity index is 1070. The van der Waals surface area contributed by atoms with Crippen LogP contribution in [0.1, 0.15) is 19.4 Å². The topological polar surface area (TPSA) is 89.1 Å². The SMILES string of the molecule is COc1ccc2oc3c(O)cc(/C=C\C(C)(C)O)c(OC)c3c(=O)c2c1. The molecule has 3 rings (SSSR count). The van der Waals surface area contributed by atoms with Crippen molar-refractivity contribution in [2.24, 2.45) is 0 Å². The highest BCUT2D eigenvalue weighted by atomic mass is 16.5. The van der Waals surface area contributed by atoms with Gasteiger partial charge in [0, 0.05) is 5.56 Å². The number of phenols is 1. The zero-order chi connectivity index (χ0) is 19.1. The Kier molecular flexibility index (Phi) is 4.38. The fourth-order valence-electron chi connectivity index (χ4n) is 2.75. The lowest BCUT2D eigenvalue weighted by Gasteiger charge is -2.13. The van der Waals surface area contributed by atoms with Gasteiger partial charge >= 0.3 is 0 Å². The summed E-state index contributed by atoms with van der Waals surface area (Å²) in [6.45, 7) is 3.23. The average Bonchev–Trinajstić information content (AvgIpc) is 2.60. The minimum absolute atomic E-state index is 0.0462. The van der Waals surface area contributed by atoms with Crippen LogP contribution in [0.15, 0.2) is 39.6 Å². The molecule has 0 bridgehead atoms. The highest BCUT2D eigenvalue weighted by Gasteiger charge is 2.19. The number of methoxy groups -OCH3 is 2. The van der Waals surface area contributed by atoms with E-state index < -0.39 is 5.60 Å². The molecular weight excluding hydrogens is 336 g/mol. The van der Waals surface area contributed by atoms with Crippen LogP contribution in [0.2, 0.25) is 0 Å². The third-order valence-electron chi connectivity index (χ3n) is 3.99. The van der Waals surface area contributed by atoms with Crippen molar-refractivity contribution in [1.82, 2.24) is 0 Å². The normalized spacial score (nSPS) is 12.2. The Hall–Kier alpha value is -2.99. The van der Waals surface area contributed by atoms with E-state index in [-0.39, 0.29) is 27.9 Å². The highest BCUT2D eigenvalue weighted by molar-refractivity contribution is 5.98. The number of hydrogen-bond acceptors (Lipinski definition) is 6. The molecule has 2 N–H and O–H groups in total. The van der Waals surface area contributed by atoms with Crippen LogP contribution >= 0.6 is 0 Å². The van der Waals surface area contributed by atoms with Gasteiger partial charge in [-0.25, -0.2) is 0 Å². The molecule has 0 atom stereocenters.